The molecule has 0 spiro atoms. The van der Waals surface area contributed by atoms with Crippen LogP contribution in [0.2, 0.25) is 0 Å². The lowest BCUT2D eigenvalue weighted by Crippen LogP contribution is -2.44. The fourth-order valence-corrected chi connectivity index (χ4v) is 6.65. The van der Waals surface area contributed by atoms with Crippen molar-refractivity contribution < 1.29 is 4.79 Å². The zero-order chi connectivity index (χ0) is 25.1. The van der Waals surface area contributed by atoms with Crippen LogP contribution in [0.3, 0.4) is 0 Å². The van der Waals surface area contributed by atoms with Gasteiger partial charge >= 0.3 is 0 Å². The third-order valence-electron chi connectivity index (χ3n) is 5.99. The van der Waals surface area contributed by atoms with E-state index in [1.165, 1.54) is 16.6 Å². The molecule has 2 aromatic carbocycles. The average Bonchev–Trinajstić information content (AvgIpc) is 3.25. The molecular formula is C26H25N5O2S3. The summed E-state index contributed by atoms with van der Waals surface area (Å²) in [6.07, 6.45) is 2.96. The largest absolute Gasteiger partial charge is 0.331 e. The summed E-state index contributed by atoms with van der Waals surface area (Å²) in [5, 5.41) is 4.49. The second-order valence-corrected chi connectivity index (χ2v) is 11.1. The van der Waals surface area contributed by atoms with E-state index in [-0.39, 0.29) is 22.3 Å². The molecule has 3 N–H and O–H groups in total. The molecule has 2 aromatic heterocycles. The number of hydrogen-bond acceptors (Lipinski definition) is 6. The third-order valence-corrected chi connectivity index (χ3v) is 8.28. The maximum Gasteiger partial charge on any atom is 0.267 e. The third kappa shape index (κ3) is 5.30. The molecule has 36 heavy (non-hydrogen) atoms. The molecular weight excluding hydrogens is 511 g/mol. The number of para-hydroxylation sites is 2. The second kappa shape index (κ2) is 10.8. The van der Waals surface area contributed by atoms with Crippen LogP contribution in [0.1, 0.15) is 23.8 Å². The highest BCUT2D eigenvalue weighted by atomic mass is 32.2. The normalized spacial score (nSPS) is 14.8. The minimum Gasteiger partial charge on any atom is -0.331 e. The van der Waals surface area contributed by atoms with Gasteiger partial charge in [0, 0.05) is 10.6 Å². The lowest BCUT2D eigenvalue weighted by molar-refractivity contribution is -0.119. The molecule has 2 heterocycles. The smallest absolute Gasteiger partial charge is 0.267 e. The number of hydrazine groups is 1. The summed E-state index contributed by atoms with van der Waals surface area (Å²) in [5.74, 6) is 0.383. The number of rotatable bonds is 5. The van der Waals surface area contributed by atoms with Crippen LogP contribution in [0, 0.1) is 5.92 Å². The Morgan fingerprint density at radius 1 is 1.14 bits per heavy atom. The number of carbonyl (C=O) groups is 1. The van der Waals surface area contributed by atoms with Crippen LogP contribution < -0.4 is 21.7 Å². The van der Waals surface area contributed by atoms with Crippen molar-refractivity contribution in [3.8, 4) is 5.69 Å². The van der Waals surface area contributed by atoms with Crippen LogP contribution >= 0.6 is 35.3 Å². The van der Waals surface area contributed by atoms with Gasteiger partial charge in [-0.05, 0) is 67.2 Å². The fourth-order valence-electron chi connectivity index (χ4n) is 4.25. The first kappa shape index (κ1) is 24.5. The molecule has 1 unspecified atom stereocenters. The summed E-state index contributed by atoms with van der Waals surface area (Å²) in [6, 6.07) is 18.9. The van der Waals surface area contributed by atoms with Gasteiger partial charge in [0.05, 0.1) is 16.8 Å². The number of hydrogen-bond donors (Lipinski definition) is 3. The minimum atomic E-state index is -0.287. The average molecular weight is 536 g/mol. The number of carbonyl (C=O) groups excluding carboxylic acids is 1. The summed E-state index contributed by atoms with van der Waals surface area (Å²) in [4.78, 5) is 33.2. The number of nitrogens with one attached hydrogen (secondary N) is 3. The van der Waals surface area contributed by atoms with E-state index in [2.05, 4.69) is 23.1 Å². The summed E-state index contributed by atoms with van der Waals surface area (Å²) in [7, 11) is 0. The van der Waals surface area contributed by atoms with Gasteiger partial charge in [0.25, 0.3) is 5.56 Å². The van der Waals surface area contributed by atoms with E-state index in [9.17, 15) is 9.59 Å². The molecule has 0 aliphatic heterocycles. The Bertz CT molecular complexity index is 1470. The zero-order valence-corrected chi connectivity index (χ0v) is 22.1. The van der Waals surface area contributed by atoms with E-state index in [0.717, 1.165) is 46.4 Å². The zero-order valence-electron chi connectivity index (χ0n) is 19.6. The van der Waals surface area contributed by atoms with Gasteiger partial charge in [-0.25, -0.2) is 4.98 Å². The van der Waals surface area contributed by atoms with Gasteiger partial charge in [-0.2, -0.15) is 0 Å². The Labute approximate surface area is 222 Å². The molecule has 1 aliphatic rings. The van der Waals surface area contributed by atoms with Gasteiger partial charge in [0.15, 0.2) is 10.3 Å². The van der Waals surface area contributed by atoms with Crippen molar-refractivity contribution in [2.45, 2.75) is 31.3 Å². The SMILES string of the molecule is CC1CCc2c(sc3nc(SCC(=O)NNC(=S)Nc4ccccc4)n(-c4ccccc4)c(=O)c23)C1. The summed E-state index contributed by atoms with van der Waals surface area (Å²) in [5.41, 5.74) is 7.93. The number of benzene rings is 2. The van der Waals surface area contributed by atoms with Crippen molar-refractivity contribution in [3.05, 3.63) is 81.5 Å². The molecule has 0 saturated heterocycles. The number of amides is 1. The van der Waals surface area contributed by atoms with Crippen molar-refractivity contribution in [1.29, 1.82) is 0 Å². The Kier molecular flexibility index (Phi) is 7.35. The van der Waals surface area contributed by atoms with Crippen LogP contribution in [-0.4, -0.2) is 26.3 Å². The maximum atomic E-state index is 13.8. The highest BCUT2D eigenvalue weighted by Crippen LogP contribution is 2.37. The molecule has 184 valence electrons. The number of nitrogens with zero attached hydrogens (tertiary/aromatic N) is 2. The van der Waals surface area contributed by atoms with Gasteiger partial charge in [0.2, 0.25) is 5.91 Å². The molecule has 0 fully saturated rings. The Hall–Kier alpha value is -3.21. The molecule has 1 atom stereocenters. The van der Waals surface area contributed by atoms with Gasteiger partial charge < -0.3 is 5.32 Å². The number of fused-ring (bicyclic) bond motifs is 3. The Balaban J connectivity index is 1.36. The number of thiophene rings is 1. The Morgan fingerprint density at radius 3 is 2.61 bits per heavy atom. The van der Waals surface area contributed by atoms with E-state index in [1.54, 1.807) is 15.9 Å². The predicted octanol–water partition coefficient (Wildman–Crippen LogP) is 4.68. The lowest BCUT2D eigenvalue weighted by atomic mass is 9.89. The summed E-state index contributed by atoms with van der Waals surface area (Å²) < 4.78 is 1.63. The van der Waals surface area contributed by atoms with E-state index in [4.69, 9.17) is 17.2 Å². The first-order valence-corrected chi connectivity index (χ1v) is 13.9. The molecule has 7 nitrogen and oxygen atoms in total. The van der Waals surface area contributed by atoms with Crippen molar-refractivity contribution in [2.75, 3.05) is 11.1 Å². The lowest BCUT2D eigenvalue weighted by Gasteiger charge is -2.18. The van der Waals surface area contributed by atoms with Crippen LogP contribution in [0.5, 0.6) is 0 Å². The molecule has 0 radical (unpaired) electrons. The molecule has 5 rings (SSSR count). The number of thiocarbonyl (C=S) groups is 1. The van der Waals surface area contributed by atoms with Crippen molar-refractivity contribution in [1.82, 2.24) is 20.4 Å². The van der Waals surface area contributed by atoms with Gasteiger partial charge in [0.1, 0.15) is 4.83 Å². The standard InChI is InChI=1S/C26H25N5O2S3/c1-16-12-13-19-20(14-16)36-23-22(19)24(33)31(18-10-6-3-7-11-18)26(28-23)35-15-21(32)29-30-25(34)27-17-8-4-2-5-9-17/h2-11,16H,12-15H2,1H3,(H,29,32)(H2,27,30,34). The van der Waals surface area contributed by atoms with Crippen molar-refractivity contribution in [3.63, 3.8) is 0 Å². The monoisotopic (exact) mass is 535 g/mol. The first-order valence-electron chi connectivity index (χ1n) is 11.7. The minimum absolute atomic E-state index is 0.0633. The van der Waals surface area contributed by atoms with E-state index in [0.29, 0.717) is 11.1 Å². The van der Waals surface area contributed by atoms with Gasteiger partial charge in [-0.15, -0.1) is 11.3 Å². The van der Waals surface area contributed by atoms with Crippen molar-refractivity contribution >= 4 is 62.2 Å². The number of anilines is 1. The summed E-state index contributed by atoms with van der Waals surface area (Å²) in [6.45, 7) is 2.25. The summed E-state index contributed by atoms with van der Waals surface area (Å²) >= 11 is 8.07. The first-order chi connectivity index (χ1) is 17.5. The molecule has 1 amide bonds. The molecule has 1 aliphatic carbocycles. The topological polar surface area (TPSA) is 88.0 Å². The highest BCUT2D eigenvalue weighted by Gasteiger charge is 2.25. The fraction of sp³-hybridized carbons (Fsp3) is 0.231. The predicted molar refractivity (Wildman–Crippen MR) is 151 cm³/mol. The number of thioether (sulfide) groups is 1. The van der Waals surface area contributed by atoms with Crippen LogP contribution in [0.4, 0.5) is 5.69 Å². The van der Waals surface area contributed by atoms with E-state index in [1.807, 2.05) is 60.7 Å². The number of aryl methyl sites for hydroxylation is 1. The molecule has 4 aromatic rings. The van der Waals surface area contributed by atoms with Gasteiger partial charge in [-0.1, -0.05) is 55.1 Å². The van der Waals surface area contributed by atoms with Crippen LogP contribution in [0.25, 0.3) is 15.9 Å². The molecule has 10 heteroatoms. The van der Waals surface area contributed by atoms with Gasteiger partial charge in [-0.3, -0.25) is 25.0 Å². The maximum absolute atomic E-state index is 13.8. The number of aromatic nitrogens is 2. The quantitative estimate of drug-likeness (QED) is 0.148. The highest BCUT2D eigenvalue weighted by molar-refractivity contribution is 7.99. The van der Waals surface area contributed by atoms with E-state index < -0.39 is 0 Å². The van der Waals surface area contributed by atoms with E-state index >= 15 is 0 Å². The molecule has 0 saturated carbocycles. The Morgan fingerprint density at radius 2 is 1.86 bits per heavy atom. The molecule has 0 bridgehead atoms. The second-order valence-electron chi connectivity index (χ2n) is 8.68. The van der Waals surface area contributed by atoms with Crippen LogP contribution in [-0.2, 0) is 17.6 Å². The van der Waals surface area contributed by atoms with Crippen LogP contribution in [0.15, 0.2) is 70.6 Å². The van der Waals surface area contributed by atoms with Crippen molar-refractivity contribution in [2.24, 2.45) is 5.92 Å².